The standard InChI is InChI=1S/C17H15N3O4/c1-11-15(4-3-5-16(11)20(22)23)19-17(21)12(2)24-14-8-6-13(10-18)7-9-14/h3-9,12H,1-2H3,(H,19,21). The van der Waals surface area contributed by atoms with Gasteiger partial charge >= 0.3 is 0 Å². The Labute approximate surface area is 138 Å². The summed E-state index contributed by atoms with van der Waals surface area (Å²) in [5.74, 6) is 0.0235. The second kappa shape index (κ2) is 7.24. The first-order valence-electron chi connectivity index (χ1n) is 7.14. The highest BCUT2D eigenvalue weighted by Gasteiger charge is 2.19. The van der Waals surface area contributed by atoms with Crippen LogP contribution in [0.15, 0.2) is 42.5 Å². The zero-order chi connectivity index (χ0) is 17.7. The van der Waals surface area contributed by atoms with E-state index in [1.165, 1.54) is 12.1 Å². The normalized spacial score (nSPS) is 11.2. The van der Waals surface area contributed by atoms with Crippen molar-refractivity contribution in [2.45, 2.75) is 20.0 Å². The van der Waals surface area contributed by atoms with Crippen LogP contribution in [-0.4, -0.2) is 16.9 Å². The summed E-state index contributed by atoms with van der Waals surface area (Å²) in [5, 5.41) is 22.3. The van der Waals surface area contributed by atoms with Crippen molar-refractivity contribution < 1.29 is 14.5 Å². The average Bonchev–Trinajstić information content (AvgIpc) is 2.57. The van der Waals surface area contributed by atoms with E-state index in [-0.39, 0.29) is 5.69 Å². The van der Waals surface area contributed by atoms with Gasteiger partial charge in [-0.3, -0.25) is 14.9 Å². The number of carbonyl (C=O) groups is 1. The quantitative estimate of drug-likeness (QED) is 0.671. The molecule has 0 aliphatic rings. The summed E-state index contributed by atoms with van der Waals surface area (Å²) in [4.78, 5) is 22.6. The number of nitro benzene ring substituents is 1. The summed E-state index contributed by atoms with van der Waals surface area (Å²) >= 11 is 0. The second-order valence-corrected chi connectivity index (χ2v) is 5.09. The Morgan fingerprint density at radius 2 is 1.96 bits per heavy atom. The summed E-state index contributed by atoms with van der Waals surface area (Å²) in [5.41, 5.74) is 1.17. The molecule has 0 spiro atoms. The molecule has 2 aromatic rings. The summed E-state index contributed by atoms with van der Waals surface area (Å²) in [6.45, 7) is 3.14. The van der Waals surface area contributed by atoms with Crippen molar-refractivity contribution in [3.63, 3.8) is 0 Å². The lowest BCUT2D eigenvalue weighted by atomic mass is 10.1. The van der Waals surface area contributed by atoms with E-state index < -0.39 is 16.9 Å². The van der Waals surface area contributed by atoms with E-state index in [1.54, 1.807) is 44.2 Å². The van der Waals surface area contributed by atoms with E-state index >= 15 is 0 Å². The van der Waals surface area contributed by atoms with Crippen LogP contribution in [0.3, 0.4) is 0 Å². The lowest BCUT2D eigenvalue weighted by Crippen LogP contribution is -2.30. The Morgan fingerprint density at radius 3 is 2.54 bits per heavy atom. The number of benzene rings is 2. The minimum Gasteiger partial charge on any atom is -0.481 e. The lowest BCUT2D eigenvalue weighted by molar-refractivity contribution is -0.385. The molecule has 0 aromatic heterocycles. The van der Waals surface area contributed by atoms with Crippen LogP contribution in [-0.2, 0) is 4.79 Å². The molecule has 2 rings (SSSR count). The van der Waals surface area contributed by atoms with E-state index in [4.69, 9.17) is 10.00 Å². The molecule has 0 saturated carbocycles. The van der Waals surface area contributed by atoms with Crippen molar-refractivity contribution in [2.24, 2.45) is 0 Å². The van der Waals surface area contributed by atoms with Gasteiger partial charge < -0.3 is 10.1 Å². The van der Waals surface area contributed by atoms with Gasteiger partial charge in [-0.2, -0.15) is 5.26 Å². The second-order valence-electron chi connectivity index (χ2n) is 5.09. The van der Waals surface area contributed by atoms with Crippen LogP contribution in [0.4, 0.5) is 11.4 Å². The van der Waals surface area contributed by atoms with E-state index in [1.807, 2.05) is 6.07 Å². The molecule has 2 aromatic carbocycles. The third-order valence-electron chi connectivity index (χ3n) is 3.43. The molecule has 0 radical (unpaired) electrons. The number of nitro groups is 1. The van der Waals surface area contributed by atoms with Crippen molar-refractivity contribution in [1.29, 1.82) is 5.26 Å². The molecule has 122 valence electrons. The van der Waals surface area contributed by atoms with Gasteiger partial charge in [-0.05, 0) is 44.2 Å². The molecule has 0 aliphatic carbocycles. The van der Waals surface area contributed by atoms with Gasteiger partial charge in [0.1, 0.15) is 5.75 Å². The highest BCUT2D eigenvalue weighted by Crippen LogP contribution is 2.25. The van der Waals surface area contributed by atoms with Crippen LogP contribution < -0.4 is 10.1 Å². The molecule has 1 N–H and O–H groups in total. The Balaban J connectivity index is 2.07. The van der Waals surface area contributed by atoms with Crippen molar-refractivity contribution >= 4 is 17.3 Å². The van der Waals surface area contributed by atoms with Crippen molar-refractivity contribution in [3.05, 3.63) is 63.7 Å². The van der Waals surface area contributed by atoms with Crippen LogP contribution >= 0.6 is 0 Å². The number of carbonyl (C=O) groups excluding carboxylic acids is 1. The monoisotopic (exact) mass is 325 g/mol. The first kappa shape index (κ1) is 17.0. The van der Waals surface area contributed by atoms with Gasteiger partial charge in [-0.25, -0.2) is 0 Å². The number of nitrogens with one attached hydrogen (secondary N) is 1. The Bertz CT molecular complexity index is 810. The average molecular weight is 325 g/mol. The number of nitriles is 1. The van der Waals surface area contributed by atoms with Gasteiger partial charge in [0.05, 0.1) is 27.8 Å². The number of hydrogen-bond donors (Lipinski definition) is 1. The maximum atomic E-state index is 12.2. The molecule has 0 aliphatic heterocycles. The first-order valence-corrected chi connectivity index (χ1v) is 7.14. The topological polar surface area (TPSA) is 105 Å². The molecule has 1 unspecified atom stereocenters. The van der Waals surface area contributed by atoms with Gasteiger partial charge in [0, 0.05) is 6.07 Å². The van der Waals surface area contributed by atoms with Crippen LogP contribution in [0.5, 0.6) is 5.75 Å². The molecule has 24 heavy (non-hydrogen) atoms. The highest BCUT2D eigenvalue weighted by molar-refractivity contribution is 5.95. The lowest BCUT2D eigenvalue weighted by Gasteiger charge is -2.15. The molecule has 0 fully saturated rings. The van der Waals surface area contributed by atoms with E-state index in [0.717, 1.165) is 0 Å². The highest BCUT2D eigenvalue weighted by atomic mass is 16.6. The van der Waals surface area contributed by atoms with E-state index in [2.05, 4.69) is 5.32 Å². The van der Waals surface area contributed by atoms with E-state index in [9.17, 15) is 14.9 Å². The fourth-order valence-corrected chi connectivity index (χ4v) is 2.06. The van der Waals surface area contributed by atoms with Crippen molar-refractivity contribution in [1.82, 2.24) is 0 Å². The third-order valence-corrected chi connectivity index (χ3v) is 3.43. The molecule has 1 amide bonds. The summed E-state index contributed by atoms with van der Waals surface area (Å²) in [7, 11) is 0. The fourth-order valence-electron chi connectivity index (χ4n) is 2.06. The predicted molar refractivity (Wildman–Crippen MR) is 87.7 cm³/mol. The number of ether oxygens (including phenoxy) is 1. The van der Waals surface area contributed by atoms with Crippen LogP contribution in [0, 0.1) is 28.4 Å². The van der Waals surface area contributed by atoms with Crippen molar-refractivity contribution in [3.8, 4) is 11.8 Å². The first-order chi connectivity index (χ1) is 11.4. The van der Waals surface area contributed by atoms with Crippen LogP contribution in [0.1, 0.15) is 18.1 Å². The minimum absolute atomic E-state index is 0.0616. The number of nitrogens with zero attached hydrogens (tertiary/aromatic N) is 2. The maximum Gasteiger partial charge on any atom is 0.274 e. The van der Waals surface area contributed by atoms with Gasteiger partial charge in [-0.1, -0.05) is 6.07 Å². The largest absolute Gasteiger partial charge is 0.481 e. The van der Waals surface area contributed by atoms with Crippen LogP contribution in [0.25, 0.3) is 0 Å². The molecule has 1 atom stereocenters. The SMILES string of the molecule is Cc1c(NC(=O)C(C)Oc2ccc(C#N)cc2)cccc1[N+](=O)[O-]. The summed E-state index contributed by atoms with van der Waals surface area (Å²) in [6.07, 6.45) is -0.809. The van der Waals surface area contributed by atoms with Gasteiger partial charge in [0.2, 0.25) is 0 Å². The smallest absolute Gasteiger partial charge is 0.274 e. The Hall–Kier alpha value is -3.40. The molecule has 0 saturated heterocycles. The molecule has 0 heterocycles. The summed E-state index contributed by atoms with van der Waals surface area (Å²) < 4.78 is 5.51. The molecule has 7 heteroatoms. The number of hydrogen-bond acceptors (Lipinski definition) is 5. The van der Waals surface area contributed by atoms with Gasteiger partial charge in [0.15, 0.2) is 6.10 Å². The van der Waals surface area contributed by atoms with Gasteiger partial charge in [-0.15, -0.1) is 0 Å². The zero-order valence-electron chi connectivity index (χ0n) is 13.1. The molecular weight excluding hydrogens is 310 g/mol. The van der Waals surface area contributed by atoms with Crippen molar-refractivity contribution in [2.75, 3.05) is 5.32 Å². The van der Waals surface area contributed by atoms with Crippen LogP contribution in [0.2, 0.25) is 0 Å². The predicted octanol–water partition coefficient (Wildman–Crippen LogP) is 3.18. The maximum absolute atomic E-state index is 12.2. The Morgan fingerprint density at radius 1 is 1.29 bits per heavy atom. The molecular formula is C17H15N3O4. The van der Waals surface area contributed by atoms with Gasteiger partial charge in [0.25, 0.3) is 11.6 Å². The zero-order valence-corrected chi connectivity index (χ0v) is 13.1. The molecule has 0 bridgehead atoms. The number of amides is 1. The Kier molecular flexibility index (Phi) is 5.12. The summed E-state index contributed by atoms with van der Waals surface area (Å²) in [6, 6.07) is 12.8. The van der Waals surface area contributed by atoms with E-state index in [0.29, 0.717) is 22.6 Å². The third kappa shape index (κ3) is 3.87. The fraction of sp³-hybridized carbons (Fsp3) is 0.176. The molecule has 7 nitrogen and oxygen atoms in total. The number of rotatable bonds is 5. The number of anilines is 1. The minimum atomic E-state index is -0.809.